The predicted octanol–water partition coefficient (Wildman–Crippen LogP) is 2.84. The first kappa shape index (κ1) is 14.9. The van der Waals surface area contributed by atoms with Crippen molar-refractivity contribution in [3.63, 3.8) is 0 Å². The van der Waals surface area contributed by atoms with Crippen LogP contribution in [0.3, 0.4) is 0 Å². The molecule has 104 valence electrons. The van der Waals surface area contributed by atoms with Gasteiger partial charge in [-0.1, -0.05) is 40.7 Å². The minimum absolute atomic E-state index is 0.0470. The van der Waals surface area contributed by atoms with Gasteiger partial charge in [-0.05, 0) is 18.6 Å². The smallest absolute Gasteiger partial charge is 0.240 e. The maximum absolute atomic E-state index is 14.1. The minimum Gasteiger partial charge on any atom is -0.480 e. The molecule has 1 amide bonds. The van der Waals surface area contributed by atoms with E-state index in [-0.39, 0.29) is 22.0 Å². The summed E-state index contributed by atoms with van der Waals surface area (Å²) in [4.78, 5) is 13.5. The van der Waals surface area contributed by atoms with E-state index in [1.165, 1.54) is 11.0 Å². The van der Waals surface area contributed by atoms with Gasteiger partial charge in [0.1, 0.15) is 18.2 Å². The predicted molar refractivity (Wildman–Crippen MR) is 83.9 cm³/mol. The third-order valence-electron chi connectivity index (χ3n) is 3.02. The lowest BCUT2D eigenvalue weighted by molar-refractivity contribution is -0.126. The quantitative estimate of drug-likeness (QED) is 0.455. The van der Waals surface area contributed by atoms with E-state index in [0.29, 0.717) is 17.9 Å². The number of benzene rings is 1. The summed E-state index contributed by atoms with van der Waals surface area (Å²) in [6.45, 7) is 0.0519. The highest BCUT2D eigenvalue weighted by Crippen LogP contribution is 2.34. The number of terminal acetylenes is 1. The largest absolute Gasteiger partial charge is 0.480 e. The van der Waals surface area contributed by atoms with Crippen LogP contribution in [-0.2, 0) is 4.79 Å². The summed E-state index contributed by atoms with van der Waals surface area (Å²) in [6.07, 6.45) is 7.58. The Morgan fingerprint density at radius 1 is 1.60 bits per heavy atom. The van der Waals surface area contributed by atoms with Gasteiger partial charge in [0.05, 0.1) is 15.2 Å². The summed E-state index contributed by atoms with van der Waals surface area (Å²) in [5.41, 5.74) is 0.801. The molecule has 1 aliphatic rings. The standard InChI is InChI=1S/C15H13FINO2/c1-3-9-20-13-6-4-5-10(16)14(13)12-8-7-11(17)15(19)18(12)2/h1,4-6,8,11H,7,9H2,2H3. The number of carbonyl (C=O) groups is 1. The van der Waals surface area contributed by atoms with Gasteiger partial charge in [-0.3, -0.25) is 4.79 Å². The van der Waals surface area contributed by atoms with Crippen molar-refractivity contribution in [3.8, 4) is 18.1 Å². The fraction of sp³-hybridized carbons (Fsp3) is 0.267. The molecule has 20 heavy (non-hydrogen) atoms. The molecule has 0 saturated heterocycles. The van der Waals surface area contributed by atoms with E-state index in [2.05, 4.69) is 28.5 Å². The van der Waals surface area contributed by atoms with Gasteiger partial charge in [0, 0.05) is 7.05 Å². The first-order chi connectivity index (χ1) is 9.56. The van der Waals surface area contributed by atoms with Crippen molar-refractivity contribution in [2.45, 2.75) is 10.3 Å². The highest BCUT2D eigenvalue weighted by molar-refractivity contribution is 14.1. The lowest BCUT2D eigenvalue weighted by Gasteiger charge is -2.28. The van der Waals surface area contributed by atoms with E-state index in [1.54, 1.807) is 19.2 Å². The number of carbonyl (C=O) groups excluding carboxylic acids is 1. The van der Waals surface area contributed by atoms with Crippen molar-refractivity contribution in [3.05, 3.63) is 35.7 Å². The molecule has 0 aliphatic carbocycles. The van der Waals surface area contributed by atoms with Crippen LogP contribution in [0.1, 0.15) is 12.0 Å². The van der Waals surface area contributed by atoms with Crippen molar-refractivity contribution >= 4 is 34.2 Å². The zero-order valence-corrected chi connectivity index (χ0v) is 13.1. The van der Waals surface area contributed by atoms with Crippen molar-refractivity contribution in [1.29, 1.82) is 0 Å². The molecule has 2 rings (SSSR count). The number of hydrogen-bond donors (Lipinski definition) is 0. The molecule has 1 aromatic rings. The lowest BCUT2D eigenvalue weighted by Crippen LogP contribution is -2.35. The highest BCUT2D eigenvalue weighted by atomic mass is 127. The number of halogens is 2. The monoisotopic (exact) mass is 385 g/mol. The summed E-state index contributed by atoms with van der Waals surface area (Å²) in [6, 6.07) is 4.54. The zero-order valence-electron chi connectivity index (χ0n) is 10.9. The number of rotatable bonds is 3. The SMILES string of the molecule is C#CCOc1cccc(F)c1C1=CCC(I)C(=O)N1C. The molecule has 0 fully saturated rings. The summed E-state index contributed by atoms with van der Waals surface area (Å²) in [5, 5.41) is 0. The van der Waals surface area contributed by atoms with E-state index in [9.17, 15) is 9.18 Å². The van der Waals surface area contributed by atoms with E-state index < -0.39 is 5.82 Å². The first-order valence-electron chi connectivity index (χ1n) is 6.03. The van der Waals surface area contributed by atoms with Gasteiger partial charge in [0.25, 0.3) is 0 Å². The summed E-state index contributed by atoms with van der Waals surface area (Å²) < 4.78 is 19.4. The summed E-state index contributed by atoms with van der Waals surface area (Å²) in [7, 11) is 1.64. The molecule has 1 aliphatic heterocycles. The van der Waals surface area contributed by atoms with Gasteiger partial charge in [0.15, 0.2) is 0 Å². The Morgan fingerprint density at radius 2 is 2.35 bits per heavy atom. The average molecular weight is 385 g/mol. The molecule has 1 aromatic carbocycles. The van der Waals surface area contributed by atoms with Gasteiger partial charge in [-0.25, -0.2) is 4.39 Å². The topological polar surface area (TPSA) is 29.5 Å². The molecule has 1 heterocycles. The van der Waals surface area contributed by atoms with Crippen molar-refractivity contribution < 1.29 is 13.9 Å². The van der Waals surface area contributed by atoms with Gasteiger partial charge in [-0.2, -0.15) is 0 Å². The van der Waals surface area contributed by atoms with Gasteiger partial charge in [-0.15, -0.1) is 6.42 Å². The molecule has 0 spiro atoms. The van der Waals surface area contributed by atoms with E-state index in [4.69, 9.17) is 11.2 Å². The molecule has 1 atom stereocenters. The second kappa shape index (κ2) is 6.27. The van der Waals surface area contributed by atoms with Crippen LogP contribution in [0.2, 0.25) is 0 Å². The second-order valence-electron chi connectivity index (χ2n) is 4.30. The number of nitrogens with zero attached hydrogens (tertiary/aromatic N) is 1. The number of alkyl halides is 1. The Morgan fingerprint density at radius 3 is 3.05 bits per heavy atom. The van der Waals surface area contributed by atoms with Crippen LogP contribution in [0.15, 0.2) is 24.3 Å². The van der Waals surface area contributed by atoms with Crippen LogP contribution >= 0.6 is 22.6 Å². The van der Waals surface area contributed by atoms with Crippen LogP contribution in [0, 0.1) is 18.2 Å². The molecule has 0 N–H and O–H groups in total. The van der Waals surface area contributed by atoms with E-state index in [0.717, 1.165) is 0 Å². The third kappa shape index (κ3) is 2.80. The Balaban J connectivity index is 2.47. The molecular weight excluding hydrogens is 372 g/mol. The molecule has 0 saturated carbocycles. The molecular formula is C15H13FINO2. The van der Waals surface area contributed by atoms with Crippen molar-refractivity contribution in [2.24, 2.45) is 0 Å². The van der Waals surface area contributed by atoms with E-state index in [1.807, 2.05) is 6.08 Å². The maximum atomic E-state index is 14.1. The lowest BCUT2D eigenvalue weighted by atomic mass is 10.0. The Bertz CT molecular complexity index is 606. The zero-order chi connectivity index (χ0) is 14.7. The molecule has 0 bridgehead atoms. The molecule has 5 heteroatoms. The molecule has 0 radical (unpaired) electrons. The van der Waals surface area contributed by atoms with Gasteiger partial charge >= 0.3 is 0 Å². The van der Waals surface area contributed by atoms with Gasteiger partial charge < -0.3 is 9.64 Å². The number of hydrogen-bond acceptors (Lipinski definition) is 2. The second-order valence-corrected chi connectivity index (χ2v) is 5.80. The fourth-order valence-electron chi connectivity index (χ4n) is 2.04. The normalized spacial score (nSPS) is 18.5. The average Bonchev–Trinajstić information content (AvgIpc) is 2.44. The van der Waals surface area contributed by atoms with Crippen LogP contribution in [0.4, 0.5) is 4.39 Å². The highest BCUT2D eigenvalue weighted by Gasteiger charge is 2.29. The molecule has 1 unspecified atom stereocenters. The van der Waals surface area contributed by atoms with Crippen molar-refractivity contribution in [2.75, 3.05) is 13.7 Å². The summed E-state index contributed by atoms with van der Waals surface area (Å²) >= 11 is 2.08. The number of allylic oxidation sites excluding steroid dienone is 1. The van der Waals surface area contributed by atoms with Gasteiger partial charge in [0.2, 0.25) is 5.91 Å². The van der Waals surface area contributed by atoms with Crippen LogP contribution in [0.25, 0.3) is 5.70 Å². The number of ether oxygens (including phenoxy) is 1. The maximum Gasteiger partial charge on any atom is 0.240 e. The summed E-state index contributed by atoms with van der Waals surface area (Å²) in [5.74, 6) is 2.21. The van der Waals surface area contributed by atoms with Crippen molar-refractivity contribution in [1.82, 2.24) is 4.90 Å². The van der Waals surface area contributed by atoms with Crippen LogP contribution in [-0.4, -0.2) is 28.4 Å². The van der Waals surface area contributed by atoms with Crippen LogP contribution in [0.5, 0.6) is 5.75 Å². The Kier molecular flexibility index (Phi) is 4.65. The Labute approximate surface area is 130 Å². The minimum atomic E-state index is -0.433. The fourth-order valence-corrected chi connectivity index (χ4v) is 2.72. The van der Waals surface area contributed by atoms with Crippen LogP contribution < -0.4 is 4.74 Å². The molecule has 3 nitrogen and oxygen atoms in total. The Hall–Kier alpha value is -1.55. The number of amides is 1. The van der Waals surface area contributed by atoms with E-state index >= 15 is 0 Å². The first-order valence-corrected chi connectivity index (χ1v) is 7.27. The third-order valence-corrected chi connectivity index (χ3v) is 4.06. The molecule has 0 aromatic heterocycles.